The van der Waals surface area contributed by atoms with Crippen LogP contribution >= 0.6 is 0 Å². The summed E-state index contributed by atoms with van der Waals surface area (Å²) in [5, 5.41) is 11.4. The molecular weight excluding hydrogens is 484 g/mol. The predicted molar refractivity (Wildman–Crippen MR) is 124 cm³/mol. The highest BCUT2D eigenvalue weighted by atomic mass is 32.3. The molecule has 0 aliphatic heterocycles. The second-order valence-electron chi connectivity index (χ2n) is 12.0. The summed E-state index contributed by atoms with van der Waals surface area (Å²) in [7, 11) is -8.91. The zero-order chi connectivity index (χ0) is 25.1. The molecule has 3 N–H and O–H groups in total. The van der Waals surface area contributed by atoms with Crippen LogP contribution in [0.4, 0.5) is 0 Å². The minimum atomic E-state index is -4.49. The second kappa shape index (κ2) is 9.22. The first-order valence-corrected chi connectivity index (χ1v) is 15.3. The Kier molecular flexibility index (Phi) is 7.25. The lowest BCUT2D eigenvalue weighted by atomic mass is 9.43. The van der Waals surface area contributed by atoms with Gasteiger partial charge in [-0.3, -0.25) is 9.11 Å². The Hall–Kier alpha value is -0.300. The highest BCUT2D eigenvalue weighted by Gasteiger charge is 2.63. The number of rotatable bonds is 7. The van der Waals surface area contributed by atoms with Gasteiger partial charge in [-0.2, -0.15) is 16.8 Å². The van der Waals surface area contributed by atoms with Gasteiger partial charge in [0.05, 0.1) is 18.8 Å². The Morgan fingerprint density at radius 3 is 2.21 bits per heavy atom. The van der Waals surface area contributed by atoms with Gasteiger partial charge in [-0.05, 0) is 104 Å². The fourth-order valence-corrected chi connectivity index (χ4v) is 9.78. The molecule has 0 heterocycles. The van der Waals surface area contributed by atoms with E-state index in [2.05, 4.69) is 25.0 Å². The van der Waals surface area contributed by atoms with Gasteiger partial charge in [-0.1, -0.05) is 20.8 Å². The van der Waals surface area contributed by atoms with Crippen molar-refractivity contribution in [2.45, 2.75) is 90.8 Å². The third-order valence-electron chi connectivity index (χ3n) is 10.5. The minimum absolute atomic E-state index is 0.0112. The molecule has 0 radical (unpaired) electrons. The van der Waals surface area contributed by atoms with Crippen LogP contribution in [0.25, 0.3) is 0 Å². The molecule has 0 aromatic heterocycles. The molecule has 4 fully saturated rings. The van der Waals surface area contributed by atoms with Crippen molar-refractivity contribution in [1.29, 1.82) is 0 Å². The standard InChI is InChI=1S/C23H40O9S2/c1-14(8-11-31-33(25,26)27)17-4-5-18-21-19(7-10-23(17,18)3)22(2)9-6-16(32-34(28,29)30)12-15(22)13-20(21)24/h14-21,24H,4-13H2,1-3H3,(H,25,26,27)(H,28,29,30)/t14-,15+,16-,17-,18+,19+,20+,21+,22+,23-/m1/s1. The monoisotopic (exact) mass is 524 g/mol. The van der Waals surface area contributed by atoms with Crippen molar-refractivity contribution in [3.05, 3.63) is 0 Å². The molecule has 4 saturated carbocycles. The van der Waals surface area contributed by atoms with Gasteiger partial charge in [-0.15, -0.1) is 0 Å². The average molecular weight is 525 g/mol. The first kappa shape index (κ1) is 26.8. The van der Waals surface area contributed by atoms with Crippen molar-refractivity contribution in [2.24, 2.45) is 46.3 Å². The number of aliphatic hydroxyl groups excluding tert-OH is 1. The van der Waals surface area contributed by atoms with E-state index in [4.69, 9.17) is 13.3 Å². The minimum Gasteiger partial charge on any atom is -0.393 e. The lowest BCUT2D eigenvalue weighted by molar-refractivity contribution is -0.172. The number of hydrogen-bond acceptors (Lipinski definition) is 7. The van der Waals surface area contributed by atoms with Gasteiger partial charge in [0.25, 0.3) is 0 Å². The number of fused-ring (bicyclic) bond motifs is 5. The lowest BCUT2D eigenvalue weighted by Crippen LogP contribution is -2.58. The summed E-state index contributed by atoms with van der Waals surface area (Å²) >= 11 is 0. The van der Waals surface area contributed by atoms with Crippen molar-refractivity contribution in [3.63, 3.8) is 0 Å². The van der Waals surface area contributed by atoms with Crippen molar-refractivity contribution in [3.8, 4) is 0 Å². The van der Waals surface area contributed by atoms with E-state index in [1.54, 1.807) is 0 Å². The van der Waals surface area contributed by atoms with E-state index >= 15 is 0 Å². The summed E-state index contributed by atoms with van der Waals surface area (Å²) in [6.07, 6.45) is 6.27. The van der Waals surface area contributed by atoms with Gasteiger partial charge in [0.15, 0.2) is 0 Å². The van der Waals surface area contributed by atoms with Crippen LogP contribution in [0, 0.1) is 46.3 Å². The van der Waals surface area contributed by atoms with Crippen molar-refractivity contribution >= 4 is 20.8 Å². The van der Waals surface area contributed by atoms with Gasteiger partial charge in [0.1, 0.15) is 0 Å². The highest BCUT2D eigenvalue weighted by molar-refractivity contribution is 7.81. The zero-order valence-electron chi connectivity index (χ0n) is 20.3. The zero-order valence-corrected chi connectivity index (χ0v) is 21.9. The molecule has 0 unspecified atom stereocenters. The van der Waals surface area contributed by atoms with E-state index in [1.807, 2.05) is 0 Å². The summed E-state index contributed by atoms with van der Waals surface area (Å²) < 4.78 is 71.7. The summed E-state index contributed by atoms with van der Waals surface area (Å²) in [6, 6.07) is 0. The van der Waals surface area contributed by atoms with E-state index in [1.165, 1.54) is 0 Å². The van der Waals surface area contributed by atoms with Crippen LogP contribution in [0.5, 0.6) is 0 Å². The number of hydrogen-bond donors (Lipinski definition) is 3. The van der Waals surface area contributed by atoms with Gasteiger partial charge in [0.2, 0.25) is 0 Å². The quantitative estimate of drug-likeness (QED) is 0.424. The maximum absolute atomic E-state index is 11.4. The molecule has 34 heavy (non-hydrogen) atoms. The van der Waals surface area contributed by atoms with Crippen molar-refractivity contribution in [1.82, 2.24) is 0 Å². The normalized spacial score (nSPS) is 45.8. The van der Waals surface area contributed by atoms with Crippen LogP contribution in [-0.4, -0.2) is 49.9 Å². The highest BCUT2D eigenvalue weighted by Crippen LogP contribution is 2.68. The summed E-state index contributed by atoms with van der Waals surface area (Å²) in [4.78, 5) is 0. The second-order valence-corrected chi connectivity index (χ2v) is 14.1. The van der Waals surface area contributed by atoms with Crippen molar-refractivity contribution in [2.75, 3.05) is 6.61 Å². The molecule has 11 heteroatoms. The van der Waals surface area contributed by atoms with E-state index in [0.29, 0.717) is 43.4 Å². The van der Waals surface area contributed by atoms with Crippen molar-refractivity contribution < 1.29 is 39.4 Å². The first-order valence-electron chi connectivity index (χ1n) is 12.6. The summed E-state index contributed by atoms with van der Waals surface area (Å²) in [6.45, 7) is 6.74. The SMILES string of the molecule is C[C@H](CCOS(=O)(=O)O)[C@H]1CC[C@H]2[C@@H]3[C@@H](O)C[C@@H]4C[C@H](OS(=O)(=O)O)CC[C@]4(C)[C@H]3CC[C@]12C. The molecule has 0 aromatic rings. The van der Waals surface area contributed by atoms with Gasteiger partial charge >= 0.3 is 20.8 Å². The Morgan fingerprint density at radius 2 is 1.56 bits per heavy atom. The molecule has 0 amide bonds. The first-order chi connectivity index (χ1) is 15.6. The molecule has 4 aliphatic carbocycles. The molecule has 0 spiro atoms. The van der Waals surface area contributed by atoms with Crippen LogP contribution < -0.4 is 0 Å². The van der Waals surface area contributed by atoms with Gasteiger partial charge < -0.3 is 5.11 Å². The third-order valence-corrected chi connectivity index (χ3v) is 11.4. The molecule has 198 valence electrons. The molecular formula is C23H40O9S2. The van der Waals surface area contributed by atoms with Gasteiger partial charge in [0, 0.05) is 0 Å². The molecule has 0 saturated heterocycles. The lowest BCUT2D eigenvalue weighted by Gasteiger charge is -2.62. The van der Waals surface area contributed by atoms with E-state index in [0.717, 1.165) is 32.1 Å². The molecule has 4 rings (SSSR count). The Morgan fingerprint density at radius 1 is 0.912 bits per heavy atom. The molecule has 9 nitrogen and oxygen atoms in total. The third kappa shape index (κ3) is 5.08. The predicted octanol–water partition coefficient (Wildman–Crippen LogP) is 3.65. The summed E-state index contributed by atoms with van der Waals surface area (Å²) in [5.74, 6) is 1.75. The van der Waals surface area contributed by atoms with E-state index < -0.39 is 33.0 Å². The average Bonchev–Trinajstić information content (AvgIpc) is 3.04. The topological polar surface area (TPSA) is 147 Å². The van der Waals surface area contributed by atoms with E-state index in [-0.39, 0.29) is 35.2 Å². The van der Waals surface area contributed by atoms with Crippen LogP contribution in [0.15, 0.2) is 0 Å². The largest absolute Gasteiger partial charge is 0.397 e. The molecule has 0 bridgehead atoms. The van der Waals surface area contributed by atoms with Crippen LogP contribution in [0.3, 0.4) is 0 Å². The van der Waals surface area contributed by atoms with Gasteiger partial charge in [-0.25, -0.2) is 8.37 Å². The number of aliphatic hydroxyl groups is 1. The maximum atomic E-state index is 11.4. The van der Waals surface area contributed by atoms with E-state index in [9.17, 15) is 21.9 Å². The fourth-order valence-electron chi connectivity index (χ4n) is 8.96. The van der Waals surface area contributed by atoms with Crippen LogP contribution in [0.1, 0.15) is 78.6 Å². The van der Waals surface area contributed by atoms with Crippen LogP contribution in [0.2, 0.25) is 0 Å². The summed E-state index contributed by atoms with van der Waals surface area (Å²) in [5.41, 5.74) is 0.0749. The fraction of sp³-hybridized carbons (Fsp3) is 1.00. The molecule has 4 aliphatic rings. The Bertz CT molecular complexity index is 967. The maximum Gasteiger partial charge on any atom is 0.397 e. The molecule has 0 aromatic carbocycles. The Labute approximate surface area is 203 Å². The Balaban J connectivity index is 1.48. The molecule has 10 atom stereocenters. The van der Waals surface area contributed by atoms with Crippen LogP contribution in [-0.2, 0) is 29.2 Å². The smallest absolute Gasteiger partial charge is 0.393 e.